The van der Waals surface area contributed by atoms with Crippen molar-refractivity contribution in [3.05, 3.63) is 0 Å². The second-order valence-electron chi connectivity index (χ2n) is 5.86. The summed E-state index contributed by atoms with van der Waals surface area (Å²) in [6.45, 7) is 10.6. The van der Waals surface area contributed by atoms with Crippen LogP contribution >= 0.6 is 0 Å². The molecular weight excluding hydrogens is 284 g/mol. The first kappa shape index (κ1) is 17.5. The lowest BCUT2D eigenvalue weighted by Crippen LogP contribution is -2.52. The second kappa shape index (κ2) is 9.99. The van der Waals surface area contributed by atoms with Gasteiger partial charge in [-0.25, -0.2) is 4.79 Å². The molecule has 7 heteroatoms. The van der Waals surface area contributed by atoms with Gasteiger partial charge in [-0.3, -0.25) is 9.80 Å². The molecule has 2 rings (SSSR count). The molecule has 2 aliphatic heterocycles. The SMILES string of the molecule is COCCCN1CCN(C(=O)NCCN2CCOCC2)CC1. The van der Waals surface area contributed by atoms with E-state index in [4.69, 9.17) is 9.47 Å². The summed E-state index contributed by atoms with van der Waals surface area (Å²) in [6.07, 6.45) is 1.06. The third kappa shape index (κ3) is 6.08. The molecule has 0 aromatic rings. The molecule has 0 spiro atoms. The highest BCUT2D eigenvalue weighted by Crippen LogP contribution is 2.03. The molecule has 128 valence electrons. The molecule has 0 aromatic carbocycles. The molecule has 0 radical (unpaired) electrons. The molecule has 0 aromatic heterocycles. The van der Waals surface area contributed by atoms with Crippen molar-refractivity contribution in [3.63, 3.8) is 0 Å². The topological polar surface area (TPSA) is 57.3 Å². The predicted octanol–water partition coefficient (Wildman–Crippen LogP) is -0.318. The highest BCUT2D eigenvalue weighted by Gasteiger charge is 2.20. The van der Waals surface area contributed by atoms with Crippen molar-refractivity contribution in [3.8, 4) is 0 Å². The predicted molar refractivity (Wildman–Crippen MR) is 85.2 cm³/mol. The number of carbonyl (C=O) groups excluding carboxylic acids is 1. The standard InChI is InChI=1S/C15H30N4O3/c1-21-12-2-4-17-6-8-19(9-7-17)15(20)16-3-5-18-10-13-22-14-11-18/h2-14H2,1H3,(H,16,20). The summed E-state index contributed by atoms with van der Waals surface area (Å²) < 4.78 is 10.4. The van der Waals surface area contributed by atoms with Crippen LogP contribution in [-0.2, 0) is 9.47 Å². The average Bonchev–Trinajstić information content (AvgIpc) is 2.56. The number of morpholine rings is 1. The van der Waals surface area contributed by atoms with Gasteiger partial charge in [-0.2, -0.15) is 0 Å². The minimum absolute atomic E-state index is 0.0739. The molecule has 22 heavy (non-hydrogen) atoms. The van der Waals surface area contributed by atoms with Crippen molar-refractivity contribution < 1.29 is 14.3 Å². The molecule has 2 aliphatic rings. The van der Waals surface area contributed by atoms with Gasteiger partial charge < -0.3 is 19.7 Å². The Labute approximate surface area is 133 Å². The zero-order chi connectivity index (χ0) is 15.6. The van der Waals surface area contributed by atoms with Crippen LogP contribution in [0.4, 0.5) is 4.79 Å². The first-order valence-corrected chi connectivity index (χ1v) is 8.34. The molecule has 2 heterocycles. The molecule has 2 saturated heterocycles. The smallest absolute Gasteiger partial charge is 0.317 e. The minimum Gasteiger partial charge on any atom is -0.385 e. The van der Waals surface area contributed by atoms with Crippen molar-refractivity contribution >= 4 is 6.03 Å². The number of nitrogens with zero attached hydrogens (tertiary/aromatic N) is 3. The molecule has 0 atom stereocenters. The van der Waals surface area contributed by atoms with Crippen molar-refractivity contribution in [2.75, 3.05) is 85.8 Å². The molecule has 0 unspecified atom stereocenters. The van der Waals surface area contributed by atoms with Gasteiger partial charge in [0.2, 0.25) is 0 Å². The lowest BCUT2D eigenvalue weighted by atomic mass is 10.3. The maximum atomic E-state index is 12.1. The van der Waals surface area contributed by atoms with Crippen LogP contribution in [0.3, 0.4) is 0 Å². The zero-order valence-electron chi connectivity index (χ0n) is 13.8. The molecule has 1 N–H and O–H groups in total. The number of amides is 2. The zero-order valence-corrected chi connectivity index (χ0v) is 13.8. The molecule has 0 saturated carbocycles. The molecular formula is C15H30N4O3. The molecule has 0 aliphatic carbocycles. The van der Waals surface area contributed by atoms with Crippen LogP contribution in [0.1, 0.15) is 6.42 Å². The van der Waals surface area contributed by atoms with Gasteiger partial charge >= 0.3 is 6.03 Å². The van der Waals surface area contributed by atoms with E-state index in [1.165, 1.54) is 0 Å². The average molecular weight is 314 g/mol. The van der Waals surface area contributed by atoms with E-state index < -0.39 is 0 Å². The maximum absolute atomic E-state index is 12.1. The van der Waals surface area contributed by atoms with Crippen molar-refractivity contribution in [1.29, 1.82) is 0 Å². The number of urea groups is 1. The third-order valence-electron chi connectivity index (χ3n) is 4.29. The molecule has 7 nitrogen and oxygen atoms in total. The Balaban J connectivity index is 1.54. The van der Waals surface area contributed by atoms with Gasteiger partial charge in [0.25, 0.3) is 0 Å². The number of piperazine rings is 1. The third-order valence-corrected chi connectivity index (χ3v) is 4.29. The Bertz CT molecular complexity index is 316. The van der Waals surface area contributed by atoms with E-state index in [1.54, 1.807) is 7.11 Å². The lowest BCUT2D eigenvalue weighted by molar-refractivity contribution is 0.0385. The quantitative estimate of drug-likeness (QED) is 0.653. The number of methoxy groups -OCH3 is 1. The number of rotatable bonds is 7. The Morgan fingerprint density at radius 2 is 1.73 bits per heavy atom. The second-order valence-corrected chi connectivity index (χ2v) is 5.86. The van der Waals surface area contributed by atoms with Gasteiger partial charge in [-0.1, -0.05) is 0 Å². The number of carbonyl (C=O) groups is 1. The minimum atomic E-state index is 0.0739. The van der Waals surface area contributed by atoms with Gasteiger partial charge in [0.05, 0.1) is 13.2 Å². The van der Waals surface area contributed by atoms with Crippen LogP contribution in [0.15, 0.2) is 0 Å². The van der Waals surface area contributed by atoms with E-state index in [-0.39, 0.29) is 6.03 Å². The van der Waals surface area contributed by atoms with Crippen LogP contribution in [0.5, 0.6) is 0 Å². The fraction of sp³-hybridized carbons (Fsp3) is 0.933. The van der Waals surface area contributed by atoms with Crippen LogP contribution in [0.25, 0.3) is 0 Å². The summed E-state index contributed by atoms with van der Waals surface area (Å²) in [5.74, 6) is 0. The van der Waals surface area contributed by atoms with E-state index in [0.29, 0.717) is 6.54 Å². The van der Waals surface area contributed by atoms with Crippen molar-refractivity contribution in [1.82, 2.24) is 20.0 Å². The van der Waals surface area contributed by atoms with E-state index in [9.17, 15) is 4.79 Å². The van der Waals surface area contributed by atoms with Gasteiger partial charge in [0.1, 0.15) is 0 Å². The maximum Gasteiger partial charge on any atom is 0.317 e. The Morgan fingerprint density at radius 3 is 2.41 bits per heavy atom. The number of ether oxygens (including phenoxy) is 2. The lowest BCUT2D eigenvalue weighted by Gasteiger charge is -2.35. The molecule has 2 fully saturated rings. The van der Waals surface area contributed by atoms with Gasteiger partial charge in [-0.05, 0) is 6.42 Å². The number of hydrogen-bond donors (Lipinski definition) is 1. The fourth-order valence-electron chi connectivity index (χ4n) is 2.86. The summed E-state index contributed by atoms with van der Waals surface area (Å²) >= 11 is 0. The van der Waals surface area contributed by atoms with Gasteiger partial charge in [0.15, 0.2) is 0 Å². The normalized spacial score (nSPS) is 21.0. The van der Waals surface area contributed by atoms with E-state index >= 15 is 0 Å². The summed E-state index contributed by atoms with van der Waals surface area (Å²) in [6, 6.07) is 0.0739. The van der Waals surface area contributed by atoms with Gasteiger partial charge in [0, 0.05) is 72.6 Å². The first-order valence-electron chi connectivity index (χ1n) is 8.34. The fourth-order valence-corrected chi connectivity index (χ4v) is 2.86. The van der Waals surface area contributed by atoms with E-state index in [1.807, 2.05) is 4.90 Å². The highest BCUT2D eigenvalue weighted by molar-refractivity contribution is 5.74. The summed E-state index contributed by atoms with van der Waals surface area (Å²) in [7, 11) is 1.74. The molecule has 0 bridgehead atoms. The summed E-state index contributed by atoms with van der Waals surface area (Å²) in [5, 5.41) is 3.03. The number of hydrogen-bond acceptors (Lipinski definition) is 5. The van der Waals surface area contributed by atoms with E-state index in [0.717, 1.165) is 78.6 Å². The Kier molecular flexibility index (Phi) is 7.93. The largest absolute Gasteiger partial charge is 0.385 e. The van der Waals surface area contributed by atoms with Crippen LogP contribution in [-0.4, -0.2) is 107 Å². The summed E-state index contributed by atoms with van der Waals surface area (Å²) in [5.41, 5.74) is 0. The monoisotopic (exact) mass is 314 g/mol. The number of nitrogens with one attached hydrogen (secondary N) is 1. The Morgan fingerprint density at radius 1 is 1.05 bits per heavy atom. The van der Waals surface area contributed by atoms with Crippen molar-refractivity contribution in [2.24, 2.45) is 0 Å². The van der Waals surface area contributed by atoms with Crippen LogP contribution < -0.4 is 5.32 Å². The Hall–Kier alpha value is -0.890. The molecule has 2 amide bonds. The van der Waals surface area contributed by atoms with Crippen molar-refractivity contribution in [2.45, 2.75) is 6.42 Å². The first-order chi connectivity index (χ1) is 10.8. The van der Waals surface area contributed by atoms with Crippen LogP contribution in [0, 0.1) is 0 Å². The van der Waals surface area contributed by atoms with Gasteiger partial charge in [-0.15, -0.1) is 0 Å². The van der Waals surface area contributed by atoms with Crippen LogP contribution in [0.2, 0.25) is 0 Å². The van der Waals surface area contributed by atoms with E-state index in [2.05, 4.69) is 15.1 Å². The highest BCUT2D eigenvalue weighted by atomic mass is 16.5. The summed E-state index contributed by atoms with van der Waals surface area (Å²) in [4.78, 5) is 18.8.